The van der Waals surface area contributed by atoms with Gasteiger partial charge in [-0.05, 0) is 58.3 Å². The van der Waals surface area contributed by atoms with E-state index in [1.54, 1.807) is 0 Å². The highest BCUT2D eigenvalue weighted by Crippen LogP contribution is 2.17. The zero-order valence-electron chi connectivity index (χ0n) is 16.9. The van der Waals surface area contributed by atoms with E-state index >= 15 is 0 Å². The van der Waals surface area contributed by atoms with Crippen LogP contribution in [0, 0.1) is 5.92 Å². The first-order chi connectivity index (χ1) is 12.5. The number of piperidine rings is 1. The molecule has 0 radical (unpaired) electrons. The maximum absolute atomic E-state index is 12.2. The Kier molecular flexibility index (Phi) is 8.39. The summed E-state index contributed by atoms with van der Waals surface area (Å²) in [5.41, 5.74) is 1.29. The van der Waals surface area contributed by atoms with Crippen molar-refractivity contribution >= 4 is 6.03 Å². The molecule has 3 atom stereocenters. The molecule has 5 heteroatoms. The van der Waals surface area contributed by atoms with Crippen molar-refractivity contribution in [2.24, 2.45) is 5.92 Å². The largest absolute Gasteiger partial charge is 0.337 e. The molecule has 3 unspecified atom stereocenters. The predicted molar refractivity (Wildman–Crippen MR) is 108 cm³/mol. The van der Waals surface area contributed by atoms with Crippen LogP contribution < -0.4 is 10.6 Å². The van der Waals surface area contributed by atoms with Gasteiger partial charge in [-0.1, -0.05) is 37.3 Å². The quantitative estimate of drug-likeness (QED) is 0.749. The van der Waals surface area contributed by atoms with E-state index in [2.05, 4.69) is 72.6 Å². The van der Waals surface area contributed by atoms with E-state index in [1.807, 2.05) is 6.07 Å². The summed E-state index contributed by atoms with van der Waals surface area (Å²) in [6, 6.07) is 11.0. The Morgan fingerprint density at radius 2 is 1.92 bits per heavy atom. The minimum absolute atomic E-state index is 0.0678. The maximum Gasteiger partial charge on any atom is 0.314 e. The molecule has 0 bridgehead atoms. The van der Waals surface area contributed by atoms with Crippen LogP contribution in [0.2, 0.25) is 0 Å². The highest BCUT2D eigenvalue weighted by Gasteiger charge is 2.21. The number of likely N-dealkylation sites (tertiary alicyclic amines) is 1. The Morgan fingerprint density at radius 1 is 1.23 bits per heavy atom. The van der Waals surface area contributed by atoms with Crippen LogP contribution in [0.5, 0.6) is 0 Å². The van der Waals surface area contributed by atoms with E-state index in [1.165, 1.54) is 18.4 Å². The Morgan fingerprint density at radius 3 is 2.58 bits per heavy atom. The number of urea groups is 1. The molecule has 1 heterocycles. The lowest BCUT2D eigenvalue weighted by Crippen LogP contribution is -2.50. The van der Waals surface area contributed by atoms with Crippen LogP contribution >= 0.6 is 0 Å². The van der Waals surface area contributed by atoms with Crippen molar-refractivity contribution in [2.75, 3.05) is 40.3 Å². The summed E-state index contributed by atoms with van der Waals surface area (Å²) < 4.78 is 0. The molecule has 26 heavy (non-hydrogen) atoms. The molecule has 0 aliphatic carbocycles. The molecule has 2 amide bonds. The van der Waals surface area contributed by atoms with Gasteiger partial charge in [0, 0.05) is 31.7 Å². The van der Waals surface area contributed by atoms with Gasteiger partial charge in [-0.2, -0.15) is 0 Å². The van der Waals surface area contributed by atoms with E-state index in [-0.39, 0.29) is 12.1 Å². The fraction of sp³-hybridized carbons (Fsp3) is 0.667. The molecule has 1 saturated heterocycles. The molecule has 2 rings (SSSR count). The fourth-order valence-electron chi connectivity index (χ4n) is 3.59. The van der Waals surface area contributed by atoms with Gasteiger partial charge in [0.1, 0.15) is 0 Å². The highest BCUT2D eigenvalue weighted by atomic mass is 16.2. The minimum Gasteiger partial charge on any atom is -0.337 e. The van der Waals surface area contributed by atoms with Crippen LogP contribution in [-0.2, 0) is 6.42 Å². The standard InChI is InChI=1S/C21H36N4O/c1-17-9-8-12-25(16-17)18(2)14-22-21(26)23-15-20(24(3)4)13-19-10-6-5-7-11-19/h5-7,10-11,17-18,20H,8-9,12-16H2,1-4H3,(H2,22,23,26). The number of hydrogen-bond donors (Lipinski definition) is 2. The summed E-state index contributed by atoms with van der Waals surface area (Å²) in [5.74, 6) is 0.763. The molecular formula is C21H36N4O. The van der Waals surface area contributed by atoms with Crippen molar-refractivity contribution in [2.45, 2.75) is 45.2 Å². The average Bonchev–Trinajstić information content (AvgIpc) is 2.63. The molecule has 2 N–H and O–H groups in total. The number of hydrogen-bond acceptors (Lipinski definition) is 3. The third-order valence-electron chi connectivity index (χ3n) is 5.41. The SMILES string of the molecule is CC1CCCN(C(C)CNC(=O)NCC(Cc2ccccc2)N(C)C)C1. The second-order valence-corrected chi connectivity index (χ2v) is 7.99. The number of likely N-dealkylation sites (N-methyl/N-ethyl adjacent to an activating group) is 1. The lowest BCUT2D eigenvalue weighted by molar-refractivity contribution is 0.137. The number of benzene rings is 1. The van der Waals surface area contributed by atoms with Gasteiger partial charge in [0.15, 0.2) is 0 Å². The molecule has 146 valence electrons. The van der Waals surface area contributed by atoms with Crippen LogP contribution in [0.25, 0.3) is 0 Å². The van der Waals surface area contributed by atoms with Gasteiger partial charge in [-0.15, -0.1) is 0 Å². The molecule has 0 saturated carbocycles. The lowest BCUT2D eigenvalue weighted by atomic mass is 9.99. The second-order valence-electron chi connectivity index (χ2n) is 7.99. The third kappa shape index (κ3) is 6.96. The summed E-state index contributed by atoms with van der Waals surface area (Å²) in [7, 11) is 4.12. The number of nitrogens with one attached hydrogen (secondary N) is 2. The first-order valence-corrected chi connectivity index (χ1v) is 9.91. The smallest absolute Gasteiger partial charge is 0.314 e. The topological polar surface area (TPSA) is 47.6 Å². The average molecular weight is 361 g/mol. The normalized spacial score (nSPS) is 20.6. The third-order valence-corrected chi connectivity index (χ3v) is 5.41. The zero-order chi connectivity index (χ0) is 18.9. The molecule has 5 nitrogen and oxygen atoms in total. The molecule has 1 fully saturated rings. The molecular weight excluding hydrogens is 324 g/mol. The number of carbonyl (C=O) groups excluding carboxylic acids is 1. The summed E-state index contributed by atoms with van der Waals surface area (Å²) in [4.78, 5) is 16.9. The number of nitrogens with zero attached hydrogens (tertiary/aromatic N) is 2. The maximum atomic E-state index is 12.2. The number of rotatable bonds is 8. The summed E-state index contributed by atoms with van der Waals surface area (Å²) in [5, 5.41) is 6.08. The van der Waals surface area contributed by atoms with Crippen molar-refractivity contribution in [1.29, 1.82) is 0 Å². The molecule has 1 aliphatic heterocycles. The van der Waals surface area contributed by atoms with Gasteiger partial charge >= 0.3 is 6.03 Å². The van der Waals surface area contributed by atoms with Crippen molar-refractivity contribution in [3.63, 3.8) is 0 Å². The van der Waals surface area contributed by atoms with Crippen LogP contribution in [0.1, 0.15) is 32.3 Å². The van der Waals surface area contributed by atoms with E-state index in [0.29, 0.717) is 19.1 Å². The highest BCUT2D eigenvalue weighted by molar-refractivity contribution is 5.73. The van der Waals surface area contributed by atoms with E-state index in [0.717, 1.165) is 25.4 Å². The first kappa shape index (κ1) is 20.7. The Bertz CT molecular complexity index is 534. The Hall–Kier alpha value is -1.59. The molecule has 0 spiro atoms. The van der Waals surface area contributed by atoms with Crippen molar-refractivity contribution in [1.82, 2.24) is 20.4 Å². The minimum atomic E-state index is -0.0678. The van der Waals surface area contributed by atoms with Crippen LogP contribution in [0.4, 0.5) is 4.79 Å². The van der Waals surface area contributed by atoms with Crippen molar-refractivity contribution in [3.8, 4) is 0 Å². The number of amides is 2. The van der Waals surface area contributed by atoms with Gasteiger partial charge in [0.05, 0.1) is 0 Å². The van der Waals surface area contributed by atoms with Crippen molar-refractivity contribution in [3.05, 3.63) is 35.9 Å². The van der Waals surface area contributed by atoms with E-state index < -0.39 is 0 Å². The fourth-order valence-corrected chi connectivity index (χ4v) is 3.59. The van der Waals surface area contributed by atoms with E-state index in [9.17, 15) is 4.79 Å². The zero-order valence-corrected chi connectivity index (χ0v) is 16.9. The monoisotopic (exact) mass is 360 g/mol. The van der Waals surface area contributed by atoms with Crippen LogP contribution in [-0.4, -0.2) is 68.2 Å². The van der Waals surface area contributed by atoms with Crippen LogP contribution in [0.3, 0.4) is 0 Å². The summed E-state index contributed by atoms with van der Waals surface area (Å²) >= 11 is 0. The molecule has 1 aliphatic rings. The predicted octanol–water partition coefficient (Wildman–Crippen LogP) is 2.58. The molecule has 1 aromatic rings. The Labute approximate surface area is 159 Å². The van der Waals surface area contributed by atoms with Crippen LogP contribution in [0.15, 0.2) is 30.3 Å². The summed E-state index contributed by atoms with van der Waals surface area (Å²) in [6.07, 6.45) is 3.52. The van der Waals surface area contributed by atoms with Gasteiger partial charge < -0.3 is 15.5 Å². The number of carbonyl (C=O) groups is 1. The molecule has 0 aromatic heterocycles. The Balaban J connectivity index is 1.72. The van der Waals surface area contributed by atoms with Gasteiger partial charge in [-0.25, -0.2) is 4.79 Å². The first-order valence-electron chi connectivity index (χ1n) is 9.91. The summed E-state index contributed by atoms with van der Waals surface area (Å²) in [6.45, 7) is 8.15. The van der Waals surface area contributed by atoms with Gasteiger partial charge in [0.2, 0.25) is 0 Å². The molecule has 1 aromatic carbocycles. The van der Waals surface area contributed by atoms with E-state index in [4.69, 9.17) is 0 Å². The second kappa shape index (κ2) is 10.5. The van der Waals surface area contributed by atoms with Gasteiger partial charge in [0.25, 0.3) is 0 Å². The van der Waals surface area contributed by atoms with Crippen molar-refractivity contribution < 1.29 is 4.79 Å². The van der Waals surface area contributed by atoms with Gasteiger partial charge in [-0.3, -0.25) is 4.90 Å². The lowest BCUT2D eigenvalue weighted by Gasteiger charge is -2.35.